The van der Waals surface area contributed by atoms with Crippen LogP contribution < -0.4 is 5.32 Å². The maximum atomic E-state index is 4.77. The summed E-state index contributed by atoms with van der Waals surface area (Å²) in [5.74, 6) is 1.86. The number of hydrogen-bond acceptors (Lipinski definition) is 6. The number of anilines is 1. The minimum absolute atomic E-state index is 0.737. The Bertz CT molecular complexity index is 707. The molecular formula is C17H26N6S. The van der Waals surface area contributed by atoms with Gasteiger partial charge >= 0.3 is 0 Å². The minimum Gasteiger partial charge on any atom is -0.368 e. The molecule has 1 fully saturated rings. The Labute approximate surface area is 147 Å². The molecule has 3 heterocycles. The summed E-state index contributed by atoms with van der Waals surface area (Å²) >= 11 is 1.57. The molecule has 0 saturated carbocycles. The van der Waals surface area contributed by atoms with Gasteiger partial charge < -0.3 is 10.2 Å². The molecule has 2 aliphatic rings. The molecule has 1 aliphatic carbocycles. The van der Waals surface area contributed by atoms with Crippen molar-refractivity contribution in [2.45, 2.75) is 50.1 Å². The molecule has 1 aliphatic heterocycles. The van der Waals surface area contributed by atoms with Crippen LogP contribution in [0.2, 0.25) is 0 Å². The van der Waals surface area contributed by atoms with Gasteiger partial charge in [-0.3, -0.25) is 0 Å². The fourth-order valence-corrected chi connectivity index (χ4v) is 4.14. The van der Waals surface area contributed by atoms with Gasteiger partial charge in [0, 0.05) is 18.7 Å². The SMILES string of the molecule is CSc1nc2nc3c(c(NCCN4CCCCC4)n2n1)CCCC3. The molecule has 7 heteroatoms. The lowest BCUT2D eigenvalue weighted by Gasteiger charge is -2.27. The largest absolute Gasteiger partial charge is 0.368 e. The monoisotopic (exact) mass is 346 g/mol. The summed E-state index contributed by atoms with van der Waals surface area (Å²) < 4.78 is 1.92. The first-order valence-electron chi connectivity index (χ1n) is 9.14. The van der Waals surface area contributed by atoms with Crippen LogP contribution in [0.15, 0.2) is 5.16 Å². The van der Waals surface area contributed by atoms with Crippen LogP contribution in [0.3, 0.4) is 0 Å². The first-order valence-corrected chi connectivity index (χ1v) is 10.4. The lowest BCUT2D eigenvalue weighted by Crippen LogP contribution is -2.34. The number of thioether (sulfide) groups is 1. The quantitative estimate of drug-likeness (QED) is 0.840. The smallest absolute Gasteiger partial charge is 0.255 e. The van der Waals surface area contributed by atoms with Crippen molar-refractivity contribution >= 4 is 23.4 Å². The van der Waals surface area contributed by atoms with Gasteiger partial charge in [-0.2, -0.15) is 9.50 Å². The zero-order valence-corrected chi connectivity index (χ0v) is 15.2. The second kappa shape index (κ2) is 7.27. The highest BCUT2D eigenvalue weighted by atomic mass is 32.2. The van der Waals surface area contributed by atoms with Crippen LogP contribution >= 0.6 is 11.8 Å². The third-order valence-electron chi connectivity index (χ3n) is 5.09. The van der Waals surface area contributed by atoms with Crippen molar-refractivity contribution in [3.8, 4) is 0 Å². The van der Waals surface area contributed by atoms with E-state index in [-0.39, 0.29) is 0 Å². The number of rotatable bonds is 5. The Kier molecular flexibility index (Phi) is 4.89. The topological polar surface area (TPSA) is 58.4 Å². The zero-order valence-electron chi connectivity index (χ0n) is 14.4. The zero-order chi connectivity index (χ0) is 16.4. The highest BCUT2D eigenvalue weighted by molar-refractivity contribution is 7.98. The molecule has 0 atom stereocenters. The summed E-state index contributed by atoms with van der Waals surface area (Å²) in [6, 6.07) is 0. The average molecular weight is 347 g/mol. The number of likely N-dealkylation sites (tertiary alicyclic amines) is 1. The second-order valence-electron chi connectivity index (χ2n) is 6.73. The van der Waals surface area contributed by atoms with Crippen LogP contribution in [0.4, 0.5) is 5.82 Å². The summed E-state index contributed by atoms with van der Waals surface area (Å²) in [6.45, 7) is 4.54. The average Bonchev–Trinajstić information content (AvgIpc) is 3.05. The van der Waals surface area contributed by atoms with Gasteiger partial charge in [-0.25, -0.2) is 4.98 Å². The van der Waals surface area contributed by atoms with Crippen LogP contribution in [0, 0.1) is 0 Å². The summed E-state index contributed by atoms with van der Waals surface area (Å²) in [4.78, 5) is 11.9. The summed E-state index contributed by atoms with van der Waals surface area (Å²) in [5.41, 5.74) is 2.57. The number of aromatic nitrogens is 4. The van der Waals surface area contributed by atoms with Gasteiger partial charge in [0.2, 0.25) is 5.16 Å². The molecule has 0 bridgehead atoms. The predicted molar refractivity (Wildman–Crippen MR) is 98.0 cm³/mol. The fourth-order valence-electron chi connectivity index (χ4n) is 3.81. The summed E-state index contributed by atoms with van der Waals surface area (Å²) in [5, 5.41) is 9.10. The molecular weight excluding hydrogens is 320 g/mol. The van der Waals surface area contributed by atoms with Gasteiger partial charge in [-0.15, -0.1) is 5.10 Å². The lowest BCUT2D eigenvalue weighted by molar-refractivity contribution is 0.237. The Morgan fingerprint density at radius 2 is 1.88 bits per heavy atom. The van der Waals surface area contributed by atoms with Crippen LogP contribution in [-0.4, -0.2) is 56.9 Å². The van der Waals surface area contributed by atoms with Crippen molar-refractivity contribution in [2.24, 2.45) is 0 Å². The first-order chi connectivity index (χ1) is 11.8. The Balaban J connectivity index is 1.58. The Hall–Kier alpha value is -1.34. The van der Waals surface area contributed by atoms with E-state index < -0.39 is 0 Å². The number of fused-ring (bicyclic) bond motifs is 2. The fraction of sp³-hybridized carbons (Fsp3) is 0.706. The van der Waals surface area contributed by atoms with E-state index in [0.717, 1.165) is 42.7 Å². The van der Waals surface area contributed by atoms with Gasteiger partial charge in [0.15, 0.2) is 0 Å². The van der Waals surface area contributed by atoms with E-state index in [0.29, 0.717) is 0 Å². The molecule has 0 unspecified atom stereocenters. The van der Waals surface area contributed by atoms with Crippen molar-refractivity contribution in [2.75, 3.05) is 37.8 Å². The standard InChI is InChI=1S/C17H26N6S/c1-24-17-20-16-19-14-8-4-3-7-13(14)15(23(16)21-17)18-9-12-22-10-5-2-6-11-22/h18H,2-12H2,1H3. The molecule has 6 nitrogen and oxygen atoms in total. The van der Waals surface area contributed by atoms with E-state index in [1.54, 1.807) is 11.8 Å². The molecule has 0 radical (unpaired) electrons. The van der Waals surface area contributed by atoms with Gasteiger partial charge in [0.05, 0.1) is 5.69 Å². The van der Waals surface area contributed by atoms with E-state index in [2.05, 4.69) is 20.3 Å². The number of nitrogens with zero attached hydrogens (tertiary/aromatic N) is 5. The molecule has 2 aromatic rings. The van der Waals surface area contributed by atoms with E-state index in [1.165, 1.54) is 56.5 Å². The maximum Gasteiger partial charge on any atom is 0.255 e. The maximum absolute atomic E-state index is 4.77. The molecule has 1 saturated heterocycles. The van der Waals surface area contributed by atoms with Crippen molar-refractivity contribution < 1.29 is 0 Å². The van der Waals surface area contributed by atoms with Crippen LogP contribution in [-0.2, 0) is 12.8 Å². The van der Waals surface area contributed by atoms with Gasteiger partial charge in [-0.1, -0.05) is 18.2 Å². The number of aryl methyl sites for hydroxylation is 1. The van der Waals surface area contributed by atoms with Crippen molar-refractivity contribution in [1.29, 1.82) is 0 Å². The van der Waals surface area contributed by atoms with E-state index >= 15 is 0 Å². The molecule has 130 valence electrons. The molecule has 24 heavy (non-hydrogen) atoms. The van der Waals surface area contributed by atoms with E-state index in [1.807, 2.05) is 10.8 Å². The third-order valence-corrected chi connectivity index (χ3v) is 5.63. The lowest BCUT2D eigenvalue weighted by atomic mass is 9.96. The van der Waals surface area contributed by atoms with Gasteiger partial charge in [0.25, 0.3) is 5.78 Å². The number of piperidine rings is 1. The van der Waals surface area contributed by atoms with E-state index in [9.17, 15) is 0 Å². The van der Waals surface area contributed by atoms with Gasteiger partial charge in [-0.05, 0) is 57.9 Å². The Morgan fingerprint density at radius 3 is 2.71 bits per heavy atom. The summed E-state index contributed by atoms with van der Waals surface area (Å²) in [7, 11) is 0. The minimum atomic E-state index is 0.737. The molecule has 4 rings (SSSR count). The van der Waals surface area contributed by atoms with Gasteiger partial charge in [0.1, 0.15) is 5.82 Å². The van der Waals surface area contributed by atoms with Crippen molar-refractivity contribution in [3.05, 3.63) is 11.3 Å². The number of hydrogen-bond donors (Lipinski definition) is 1. The van der Waals surface area contributed by atoms with Crippen molar-refractivity contribution in [3.63, 3.8) is 0 Å². The van der Waals surface area contributed by atoms with Crippen LogP contribution in [0.5, 0.6) is 0 Å². The predicted octanol–water partition coefficient (Wildman–Crippen LogP) is 2.62. The molecule has 2 aromatic heterocycles. The summed E-state index contributed by atoms with van der Waals surface area (Å²) in [6.07, 6.45) is 10.7. The molecule has 0 aromatic carbocycles. The highest BCUT2D eigenvalue weighted by Gasteiger charge is 2.20. The van der Waals surface area contributed by atoms with Crippen molar-refractivity contribution in [1.82, 2.24) is 24.5 Å². The van der Waals surface area contributed by atoms with Crippen LogP contribution in [0.1, 0.15) is 43.4 Å². The van der Waals surface area contributed by atoms with E-state index in [4.69, 9.17) is 4.98 Å². The molecule has 0 spiro atoms. The Morgan fingerprint density at radius 1 is 1.04 bits per heavy atom. The first kappa shape index (κ1) is 16.1. The molecule has 1 N–H and O–H groups in total. The second-order valence-corrected chi connectivity index (χ2v) is 7.51. The molecule has 0 amide bonds. The normalized spacial score (nSPS) is 18.7. The third kappa shape index (κ3) is 3.24. The number of nitrogens with one attached hydrogen (secondary N) is 1. The highest BCUT2D eigenvalue weighted by Crippen LogP contribution is 2.28. The van der Waals surface area contributed by atoms with Crippen LogP contribution in [0.25, 0.3) is 5.78 Å².